The molecule has 0 radical (unpaired) electrons. The maximum absolute atomic E-state index is 4.11. The fraction of sp³-hybridized carbons (Fsp3) is 0.600. The lowest BCUT2D eigenvalue weighted by Gasteiger charge is -2.19. The molecule has 1 heterocycles. The molecule has 0 aromatic rings. The summed E-state index contributed by atoms with van der Waals surface area (Å²) in [4.78, 5) is 0. The van der Waals surface area contributed by atoms with E-state index < -0.39 is 0 Å². The first-order valence-corrected chi connectivity index (χ1v) is 3.19. The number of nitrogens with one attached hydrogen (secondary N) is 1. The molecule has 1 rings (SSSR count). The summed E-state index contributed by atoms with van der Waals surface area (Å²) in [5, 5.41) is 1.93. The van der Waals surface area contributed by atoms with Gasteiger partial charge in [0.15, 0.2) is 0 Å². The minimum Gasteiger partial charge on any atom is -0.294 e. The van der Waals surface area contributed by atoms with Crippen LogP contribution in [0.25, 0.3) is 0 Å². The highest BCUT2D eigenvalue weighted by molar-refractivity contribution is 7.77. The van der Waals surface area contributed by atoms with Gasteiger partial charge in [-0.15, -0.1) is 0 Å². The van der Waals surface area contributed by atoms with Crippen LogP contribution in [-0.4, -0.2) is 16.6 Å². The van der Waals surface area contributed by atoms with Gasteiger partial charge in [0.05, 0.1) is 0 Å². The van der Waals surface area contributed by atoms with Crippen LogP contribution in [0.15, 0.2) is 11.4 Å². The van der Waals surface area contributed by atoms with Crippen molar-refractivity contribution in [1.29, 1.82) is 0 Å². The van der Waals surface area contributed by atoms with E-state index in [2.05, 4.69) is 18.2 Å². The lowest BCUT2D eigenvalue weighted by Crippen LogP contribution is -2.32. The molecule has 0 aromatic carbocycles. The van der Waals surface area contributed by atoms with E-state index in [1.807, 2.05) is 25.9 Å². The predicted molar refractivity (Wildman–Crippen MR) is 40.1 cm³/mol. The van der Waals surface area contributed by atoms with E-state index >= 15 is 0 Å². The Bertz CT molecular complexity index is 154. The molecule has 0 unspecified atom stereocenters. The van der Waals surface area contributed by atoms with Crippen LogP contribution in [0.2, 0.25) is 0 Å². The van der Waals surface area contributed by atoms with Crippen molar-refractivity contribution >= 4 is 12.8 Å². The summed E-state index contributed by atoms with van der Waals surface area (Å²) in [5.41, 5.74) is 5.36. The van der Waals surface area contributed by atoms with Crippen LogP contribution in [0.1, 0.15) is 13.8 Å². The number of hydrogen-bond acceptors (Lipinski definition) is 4. The van der Waals surface area contributed by atoms with Gasteiger partial charge in [-0.25, -0.2) is 0 Å². The molecule has 9 heavy (non-hydrogen) atoms. The van der Waals surface area contributed by atoms with Crippen LogP contribution in [0.4, 0.5) is 0 Å². The van der Waals surface area contributed by atoms with Crippen molar-refractivity contribution in [3.63, 3.8) is 0 Å². The maximum Gasteiger partial charge on any atom is 0.0490 e. The smallest absolute Gasteiger partial charge is 0.0490 e. The molecule has 1 N–H and O–H groups in total. The average Bonchev–Trinajstić information content (AvgIpc) is 1.98. The van der Waals surface area contributed by atoms with E-state index in [-0.39, 0.29) is 0 Å². The van der Waals surface area contributed by atoms with Crippen LogP contribution in [0, 0.1) is 0 Å². The topological polar surface area (TPSA) is 18.5 Å². The molecule has 0 atom stereocenters. The second kappa shape index (κ2) is 2.11. The molecule has 0 aliphatic carbocycles. The Hall–Kier alpha value is -0.350. The van der Waals surface area contributed by atoms with Gasteiger partial charge in [0.1, 0.15) is 0 Å². The highest BCUT2D eigenvalue weighted by Gasteiger charge is 2.16. The summed E-state index contributed by atoms with van der Waals surface area (Å²) in [6, 6.07) is 0. The average molecular weight is 145 g/mol. The van der Waals surface area contributed by atoms with E-state index in [0.29, 0.717) is 0 Å². The van der Waals surface area contributed by atoms with Gasteiger partial charge < -0.3 is 0 Å². The van der Waals surface area contributed by atoms with Crippen molar-refractivity contribution in [2.75, 3.05) is 7.05 Å². The largest absolute Gasteiger partial charge is 0.294 e. The monoisotopic (exact) mass is 145 g/mol. The molecule has 0 bridgehead atoms. The van der Waals surface area contributed by atoms with E-state index in [0.717, 1.165) is 5.70 Å². The Morgan fingerprint density at radius 1 is 1.44 bits per heavy atom. The normalized spacial score (nSPS) is 21.1. The zero-order valence-corrected chi connectivity index (χ0v) is 6.74. The second-order valence-electron chi connectivity index (χ2n) is 2.14. The molecule has 0 spiro atoms. The summed E-state index contributed by atoms with van der Waals surface area (Å²) in [6.07, 6.45) is 0. The van der Waals surface area contributed by atoms with E-state index in [1.54, 1.807) is 4.52 Å². The molecule has 3 nitrogen and oxygen atoms in total. The first-order valence-electron chi connectivity index (χ1n) is 2.79. The van der Waals surface area contributed by atoms with E-state index in [1.165, 1.54) is 5.70 Å². The molecule has 0 saturated carbocycles. The van der Waals surface area contributed by atoms with Gasteiger partial charge in [-0.2, -0.15) is 0 Å². The number of hydrazine groups is 2. The van der Waals surface area contributed by atoms with Gasteiger partial charge in [0, 0.05) is 18.4 Å². The number of hydrogen-bond donors (Lipinski definition) is 2. The zero-order chi connectivity index (χ0) is 7.02. The third-order valence-electron chi connectivity index (χ3n) is 1.58. The van der Waals surface area contributed by atoms with Gasteiger partial charge in [0.2, 0.25) is 0 Å². The number of rotatable bonds is 0. The van der Waals surface area contributed by atoms with Crippen LogP contribution in [0.3, 0.4) is 0 Å². The Kier molecular flexibility index (Phi) is 1.59. The van der Waals surface area contributed by atoms with Gasteiger partial charge in [0.25, 0.3) is 0 Å². The van der Waals surface area contributed by atoms with Crippen molar-refractivity contribution in [3.8, 4) is 0 Å². The SMILES string of the molecule is CC1=C(C)N(C)N(S)N1. The van der Waals surface area contributed by atoms with Gasteiger partial charge in [-0.3, -0.25) is 10.4 Å². The van der Waals surface area contributed by atoms with Crippen LogP contribution in [-0.2, 0) is 0 Å². The molecular formula is C5H11N3S. The molecule has 0 fully saturated rings. The Morgan fingerprint density at radius 2 is 2.00 bits per heavy atom. The highest BCUT2D eigenvalue weighted by Crippen LogP contribution is 2.16. The molecule has 0 amide bonds. The lowest BCUT2D eigenvalue weighted by atomic mass is 10.4. The van der Waals surface area contributed by atoms with Gasteiger partial charge >= 0.3 is 0 Å². The fourth-order valence-corrected chi connectivity index (χ4v) is 0.975. The standard InChI is InChI=1S/C5H11N3S/c1-4-5(2)7(3)8(9)6-4/h6,9H,1-3H3. The highest BCUT2D eigenvalue weighted by atomic mass is 32.1. The Labute approximate surface area is 60.8 Å². The van der Waals surface area contributed by atoms with Gasteiger partial charge in [-0.05, 0) is 13.8 Å². The minimum absolute atomic E-state index is 1.15. The summed E-state index contributed by atoms with van der Waals surface area (Å²) in [6.45, 7) is 4.06. The Balaban J connectivity index is 2.74. The first-order chi connectivity index (χ1) is 4.13. The summed E-state index contributed by atoms with van der Waals surface area (Å²) < 4.78 is 1.64. The third-order valence-corrected chi connectivity index (χ3v) is 1.95. The Morgan fingerprint density at radius 3 is 2.11 bits per heavy atom. The quantitative estimate of drug-likeness (QED) is 0.490. The van der Waals surface area contributed by atoms with Crippen molar-refractivity contribution in [2.24, 2.45) is 0 Å². The summed E-state index contributed by atoms with van der Waals surface area (Å²) >= 11 is 4.11. The number of allylic oxidation sites excluding steroid dienone is 2. The van der Waals surface area contributed by atoms with Crippen molar-refractivity contribution in [2.45, 2.75) is 13.8 Å². The number of nitrogens with zero attached hydrogens (tertiary/aromatic N) is 2. The van der Waals surface area contributed by atoms with Crippen LogP contribution in [0.5, 0.6) is 0 Å². The van der Waals surface area contributed by atoms with E-state index in [9.17, 15) is 0 Å². The molecule has 0 saturated heterocycles. The molecule has 52 valence electrons. The summed E-state index contributed by atoms with van der Waals surface area (Å²) in [7, 11) is 1.95. The summed E-state index contributed by atoms with van der Waals surface area (Å²) in [5.74, 6) is 0. The third kappa shape index (κ3) is 0.997. The number of thiol groups is 1. The van der Waals surface area contributed by atoms with Crippen molar-refractivity contribution in [3.05, 3.63) is 11.4 Å². The van der Waals surface area contributed by atoms with Gasteiger partial charge in [-0.1, -0.05) is 17.3 Å². The van der Waals surface area contributed by atoms with E-state index in [4.69, 9.17) is 0 Å². The fourth-order valence-electron chi connectivity index (χ4n) is 0.691. The first kappa shape index (κ1) is 6.77. The van der Waals surface area contributed by atoms with Crippen LogP contribution < -0.4 is 5.43 Å². The molecule has 0 aromatic heterocycles. The molecule has 1 aliphatic rings. The lowest BCUT2D eigenvalue weighted by molar-refractivity contribution is 0.150. The molecule has 1 aliphatic heterocycles. The van der Waals surface area contributed by atoms with Crippen LogP contribution >= 0.6 is 12.8 Å². The molecule has 4 heteroatoms. The molecular weight excluding hydrogens is 134 g/mol. The van der Waals surface area contributed by atoms with Crippen molar-refractivity contribution in [1.82, 2.24) is 15.0 Å². The minimum atomic E-state index is 1.15. The maximum atomic E-state index is 4.11. The van der Waals surface area contributed by atoms with Crippen molar-refractivity contribution < 1.29 is 0 Å². The zero-order valence-electron chi connectivity index (χ0n) is 5.84. The predicted octanol–water partition coefficient (Wildman–Crippen LogP) is 0.750. The second-order valence-corrected chi connectivity index (χ2v) is 2.51.